The second-order valence-corrected chi connectivity index (χ2v) is 10.7. The summed E-state index contributed by atoms with van der Waals surface area (Å²) in [6, 6.07) is 7.67. The van der Waals surface area contributed by atoms with E-state index in [-0.39, 0.29) is 5.25 Å². The van der Waals surface area contributed by atoms with Gasteiger partial charge in [-0.1, -0.05) is 87.2 Å². The van der Waals surface area contributed by atoms with Crippen LogP contribution in [0.15, 0.2) is 47.0 Å². The van der Waals surface area contributed by atoms with Crippen molar-refractivity contribution < 1.29 is 8.42 Å². The second kappa shape index (κ2) is 7.26. The zero-order valence-corrected chi connectivity index (χ0v) is 17.8. The van der Waals surface area contributed by atoms with Crippen molar-refractivity contribution in [3.63, 3.8) is 0 Å². The van der Waals surface area contributed by atoms with Crippen molar-refractivity contribution in [1.82, 2.24) is 0 Å². The highest BCUT2D eigenvalue weighted by Gasteiger charge is 2.53. The van der Waals surface area contributed by atoms with Crippen molar-refractivity contribution in [3.05, 3.63) is 58.1 Å². The fourth-order valence-corrected chi connectivity index (χ4v) is 8.14. The molecule has 0 heterocycles. The molecule has 0 amide bonds. The summed E-state index contributed by atoms with van der Waals surface area (Å²) in [6.45, 7) is 0. The zero-order chi connectivity index (χ0) is 17.4. The molecule has 24 heavy (non-hydrogen) atoms. The Balaban J connectivity index is 2.25. The van der Waals surface area contributed by atoms with Crippen LogP contribution in [0.5, 0.6) is 0 Å². The second-order valence-electron chi connectivity index (χ2n) is 6.32. The minimum absolute atomic E-state index is 0.322. The maximum atomic E-state index is 13.7. The molecule has 6 heteroatoms. The van der Waals surface area contributed by atoms with Crippen LogP contribution in [0.3, 0.4) is 0 Å². The number of benzene rings is 1. The van der Waals surface area contributed by atoms with Gasteiger partial charge >= 0.3 is 0 Å². The molecule has 0 spiro atoms. The molecule has 0 radical (unpaired) electrons. The molecule has 0 bridgehead atoms. The Bertz CT molecular complexity index is 782. The number of rotatable bonds is 4. The number of sulfone groups is 1. The summed E-state index contributed by atoms with van der Waals surface area (Å²) in [5, 5.41) is -0.382. The third-order valence-corrected chi connectivity index (χ3v) is 9.63. The third kappa shape index (κ3) is 2.95. The quantitative estimate of drug-likeness (QED) is 0.512. The van der Waals surface area contributed by atoms with Crippen LogP contribution in [0.1, 0.15) is 36.8 Å². The lowest BCUT2D eigenvalue weighted by atomic mass is 9.88. The molecular weight excluding hydrogens is 476 g/mol. The summed E-state index contributed by atoms with van der Waals surface area (Å²) in [4.78, 5) is 0. The smallest absolute Gasteiger partial charge is 0.168 e. The highest BCUT2D eigenvalue weighted by molar-refractivity contribution is 9.11. The number of hydrogen-bond acceptors (Lipinski definition) is 2. The van der Waals surface area contributed by atoms with Gasteiger partial charge in [-0.25, -0.2) is 8.42 Å². The Labute approximate surface area is 165 Å². The monoisotopic (exact) mass is 492 g/mol. The predicted octanol–water partition coefficient (Wildman–Crippen LogP) is 5.59. The minimum atomic E-state index is -3.49. The molecular formula is C18H19Br2ClO2S. The molecule has 0 N–H and O–H groups in total. The minimum Gasteiger partial charge on any atom is -0.227 e. The highest BCUT2D eigenvalue weighted by atomic mass is 79.9. The Morgan fingerprint density at radius 3 is 2.50 bits per heavy atom. The fourth-order valence-electron chi connectivity index (χ4n) is 3.75. The van der Waals surface area contributed by atoms with E-state index in [9.17, 15) is 8.42 Å². The van der Waals surface area contributed by atoms with Gasteiger partial charge in [-0.3, -0.25) is 0 Å². The van der Waals surface area contributed by atoms with Crippen molar-refractivity contribution >= 4 is 53.3 Å². The van der Waals surface area contributed by atoms with E-state index < -0.39 is 20.0 Å². The number of allylic oxidation sites excluding steroid dienone is 3. The molecule has 2 atom stereocenters. The average Bonchev–Trinajstić information content (AvgIpc) is 3.10. The van der Waals surface area contributed by atoms with E-state index in [1.165, 1.54) is 0 Å². The molecule has 2 aliphatic carbocycles. The Morgan fingerprint density at radius 2 is 1.88 bits per heavy atom. The molecule has 3 rings (SSSR count). The van der Waals surface area contributed by atoms with Gasteiger partial charge in [0.25, 0.3) is 0 Å². The molecule has 2 unspecified atom stereocenters. The largest absolute Gasteiger partial charge is 0.227 e. The molecule has 1 aromatic carbocycles. The van der Waals surface area contributed by atoms with Crippen LogP contribution in [0.25, 0.3) is 0 Å². The standard InChI is InChI=1S/C18H19Br2ClO2S/c19-12-13-5-1-4-8-16(13)18(10-9-14(20)11-17(18)21)24(22,23)15-6-2-3-7-15/h1,4-5,8-11,15,17H,2-3,6-7,12H2. The van der Waals surface area contributed by atoms with E-state index in [1.807, 2.05) is 30.3 Å². The summed E-state index contributed by atoms with van der Waals surface area (Å²) in [7, 11) is -3.49. The zero-order valence-electron chi connectivity index (χ0n) is 13.1. The van der Waals surface area contributed by atoms with E-state index >= 15 is 0 Å². The Kier molecular flexibility index (Phi) is 5.65. The van der Waals surface area contributed by atoms with E-state index in [2.05, 4.69) is 31.9 Å². The van der Waals surface area contributed by atoms with E-state index in [0.29, 0.717) is 5.33 Å². The van der Waals surface area contributed by atoms with E-state index in [0.717, 1.165) is 41.3 Å². The van der Waals surface area contributed by atoms with E-state index in [4.69, 9.17) is 11.6 Å². The van der Waals surface area contributed by atoms with Crippen LogP contribution in [-0.2, 0) is 19.9 Å². The lowest BCUT2D eigenvalue weighted by molar-refractivity contribution is 0.542. The third-order valence-electron chi connectivity index (χ3n) is 5.00. The van der Waals surface area contributed by atoms with Gasteiger partial charge in [0.15, 0.2) is 9.84 Å². The van der Waals surface area contributed by atoms with Gasteiger partial charge < -0.3 is 0 Å². The van der Waals surface area contributed by atoms with Gasteiger partial charge in [0.2, 0.25) is 0 Å². The Morgan fingerprint density at radius 1 is 1.21 bits per heavy atom. The number of hydrogen-bond donors (Lipinski definition) is 0. The van der Waals surface area contributed by atoms with Crippen LogP contribution < -0.4 is 0 Å². The fraction of sp³-hybridized carbons (Fsp3) is 0.444. The topological polar surface area (TPSA) is 34.1 Å². The predicted molar refractivity (Wildman–Crippen MR) is 108 cm³/mol. The SMILES string of the molecule is O=S(=O)(C1CCCC1)C1(c2ccccc2CBr)C=CC(Br)=CC1Cl. The summed E-state index contributed by atoms with van der Waals surface area (Å²) in [6.07, 6.45) is 8.78. The number of halogens is 3. The van der Waals surface area contributed by atoms with E-state index in [1.54, 1.807) is 12.2 Å². The van der Waals surface area contributed by atoms with Crippen molar-refractivity contribution in [2.75, 3.05) is 0 Å². The van der Waals surface area contributed by atoms with Crippen molar-refractivity contribution in [2.24, 2.45) is 0 Å². The molecule has 0 saturated heterocycles. The first-order chi connectivity index (χ1) is 11.4. The normalized spacial score (nSPS) is 28.1. The van der Waals surface area contributed by atoms with Gasteiger partial charge in [0.1, 0.15) is 4.75 Å². The first kappa shape index (κ1) is 18.7. The van der Waals surface area contributed by atoms with Gasteiger partial charge in [-0.15, -0.1) is 11.6 Å². The van der Waals surface area contributed by atoms with Crippen LogP contribution in [0.4, 0.5) is 0 Å². The van der Waals surface area contributed by atoms with Gasteiger partial charge in [-0.05, 0) is 24.0 Å². The van der Waals surface area contributed by atoms with Crippen molar-refractivity contribution in [2.45, 2.75) is 46.4 Å². The highest BCUT2D eigenvalue weighted by Crippen LogP contribution is 2.48. The van der Waals surface area contributed by atoms with Crippen LogP contribution in [0, 0.1) is 0 Å². The molecule has 1 saturated carbocycles. The summed E-state index contributed by atoms with van der Waals surface area (Å²) in [5.41, 5.74) is 1.74. The molecule has 130 valence electrons. The first-order valence-corrected chi connectivity index (χ1v) is 11.9. The van der Waals surface area contributed by atoms with Crippen LogP contribution in [0.2, 0.25) is 0 Å². The summed E-state index contributed by atoms with van der Waals surface area (Å²) in [5.74, 6) is 0. The number of alkyl halides is 2. The molecule has 0 aromatic heterocycles. The van der Waals surface area contributed by atoms with Crippen molar-refractivity contribution in [3.8, 4) is 0 Å². The molecule has 2 aliphatic rings. The summed E-state index contributed by atoms with van der Waals surface area (Å²) < 4.78 is 27.0. The molecule has 2 nitrogen and oxygen atoms in total. The molecule has 1 aromatic rings. The maximum absolute atomic E-state index is 13.7. The molecule has 0 aliphatic heterocycles. The summed E-state index contributed by atoms with van der Waals surface area (Å²) >= 11 is 13.6. The van der Waals surface area contributed by atoms with Gasteiger partial charge in [0, 0.05) is 9.81 Å². The Hall–Kier alpha value is -0.100. The first-order valence-electron chi connectivity index (χ1n) is 8.02. The maximum Gasteiger partial charge on any atom is 0.168 e. The van der Waals surface area contributed by atoms with Gasteiger partial charge in [-0.2, -0.15) is 0 Å². The lowest BCUT2D eigenvalue weighted by Gasteiger charge is -2.39. The van der Waals surface area contributed by atoms with Crippen molar-refractivity contribution in [1.29, 1.82) is 0 Å². The lowest BCUT2D eigenvalue weighted by Crippen LogP contribution is -2.47. The average molecular weight is 495 g/mol. The van der Waals surface area contributed by atoms with Crippen LogP contribution in [-0.4, -0.2) is 19.0 Å². The molecule has 1 fully saturated rings. The van der Waals surface area contributed by atoms with Crippen LogP contribution >= 0.6 is 43.5 Å². The van der Waals surface area contributed by atoms with Gasteiger partial charge in [0.05, 0.1) is 10.6 Å².